The molecule has 0 fully saturated rings. The number of hydrogen-bond donors (Lipinski definition) is 2. The highest BCUT2D eigenvalue weighted by atomic mass is 79.9. The van der Waals surface area contributed by atoms with Crippen molar-refractivity contribution in [2.75, 3.05) is 24.2 Å². The van der Waals surface area contributed by atoms with E-state index in [1.54, 1.807) is 18.9 Å². The SMILES string of the molecule is C[C@H](C(=O)Nc1ccccc1)N(C)CC(=O)Nc1ccccc1Br. The lowest BCUT2D eigenvalue weighted by Gasteiger charge is -2.23. The van der Waals surface area contributed by atoms with Gasteiger partial charge >= 0.3 is 0 Å². The zero-order valence-corrected chi connectivity index (χ0v) is 15.2. The lowest BCUT2D eigenvalue weighted by molar-refractivity contribution is -0.122. The fourth-order valence-electron chi connectivity index (χ4n) is 2.08. The average molecular weight is 390 g/mol. The number of carbonyl (C=O) groups is 2. The highest BCUT2D eigenvalue weighted by Crippen LogP contribution is 2.21. The number of amides is 2. The zero-order chi connectivity index (χ0) is 17.5. The van der Waals surface area contributed by atoms with E-state index in [1.807, 2.05) is 54.6 Å². The fourth-order valence-corrected chi connectivity index (χ4v) is 2.47. The quantitative estimate of drug-likeness (QED) is 0.796. The number of rotatable bonds is 6. The first-order chi connectivity index (χ1) is 11.5. The Bertz CT molecular complexity index is 706. The maximum atomic E-state index is 12.3. The second kappa shape index (κ2) is 8.61. The monoisotopic (exact) mass is 389 g/mol. The molecule has 24 heavy (non-hydrogen) atoms. The minimum absolute atomic E-state index is 0.116. The van der Waals surface area contributed by atoms with Crippen LogP contribution in [0.5, 0.6) is 0 Å². The molecule has 5 nitrogen and oxygen atoms in total. The molecule has 2 amide bonds. The Hall–Kier alpha value is -2.18. The normalized spacial score (nSPS) is 11.8. The number of halogens is 1. The van der Waals surface area contributed by atoms with E-state index < -0.39 is 6.04 Å². The van der Waals surface area contributed by atoms with Crippen molar-refractivity contribution in [2.24, 2.45) is 0 Å². The van der Waals surface area contributed by atoms with Crippen molar-refractivity contribution in [1.82, 2.24) is 4.90 Å². The predicted octanol–water partition coefficient (Wildman–Crippen LogP) is 3.35. The van der Waals surface area contributed by atoms with Gasteiger partial charge in [-0.05, 0) is 54.2 Å². The Labute approximate surface area is 150 Å². The van der Waals surface area contributed by atoms with Crippen molar-refractivity contribution < 1.29 is 9.59 Å². The zero-order valence-electron chi connectivity index (χ0n) is 13.6. The third-order valence-corrected chi connectivity index (χ3v) is 4.31. The summed E-state index contributed by atoms with van der Waals surface area (Å²) in [5.41, 5.74) is 1.44. The summed E-state index contributed by atoms with van der Waals surface area (Å²) in [6.45, 7) is 1.88. The molecule has 0 aliphatic heterocycles. The van der Waals surface area contributed by atoms with E-state index in [-0.39, 0.29) is 18.4 Å². The summed E-state index contributed by atoms with van der Waals surface area (Å²) in [6.07, 6.45) is 0. The maximum absolute atomic E-state index is 12.3. The summed E-state index contributed by atoms with van der Waals surface area (Å²) in [5.74, 6) is -0.332. The molecule has 0 saturated heterocycles. The van der Waals surface area contributed by atoms with Crippen LogP contribution in [0.3, 0.4) is 0 Å². The van der Waals surface area contributed by atoms with Gasteiger partial charge in [0, 0.05) is 10.2 Å². The van der Waals surface area contributed by atoms with Gasteiger partial charge in [0.1, 0.15) is 0 Å². The van der Waals surface area contributed by atoms with Gasteiger partial charge in [0.25, 0.3) is 0 Å². The Balaban J connectivity index is 1.88. The summed E-state index contributed by atoms with van der Waals surface area (Å²) in [7, 11) is 1.74. The molecule has 2 rings (SSSR count). The van der Waals surface area contributed by atoms with Crippen molar-refractivity contribution in [3.63, 3.8) is 0 Å². The van der Waals surface area contributed by atoms with Gasteiger partial charge in [-0.15, -0.1) is 0 Å². The van der Waals surface area contributed by atoms with E-state index in [1.165, 1.54) is 0 Å². The van der Waals surface area contributed by atoms with Crippen molar-refractivity contribution in [3.05, 3.63) is 59.1 Å². The van der Waals surface area contributed by atoms with E-state index in [4.69, 9.17) is 0 Å². The van der Waals surface area contributed by atoms with Gasteiger partial charge in [0.2, 0.25) is 11.8 Å². The van der Waals surface area contributed by atoms with Crippen LogP contribution in [0.2, 0.25) is 0 Å². The van der Waals surface area contributed by atoms with Crippen LogP contribution in [-0.2, 0) is 9.59 Å². The summed E-state index contributed by atoms with van der Waals surface area (Å²) >= 11 is 3.39. The van der Waals surface area contributed by atoms with Crippen LogP contribution in [0, 0.1) is 0 Å². The average Bonchev–Trinajstić information content (AvgIpc) is 2.57. The summed E-state index contributed by atoms with van der Waals surface area (Å²) in [6, 6.07) is 16.2. The minimum atomic E-state index is -0.435. The van der Waals surface area contributed by atoms with Crippen LogP contribution in [0.1, 0.15) is 6.92 Å². The second-order valence-corrected chi connectivity index (χ2v) is 6.33. The molecule has 2 aromatic rings. The van der Waals surface area contributed by atoms with E-state index >= 15 is 0 Å². The van der Waals surface area contributed by atoms with Gasteiger partial charge in [-0.3, -0.25) is 14.5 Å². The van der Waals surface area contributed by atoms with Crippen LogP contribution in [-0.4, -0.2) is 36.3 Å². The first-order valence-corrected chi connectivity index (χ1v) is 8.37. The van der Waals surface area contributed by atoms with E-state index in [2.05, 4.69) is 26.6 Å². The molecule has 0 saturated carbocycles. The Morgan fingerprint density at radius 1 is 1.04 bits per heavy atom. The molecule has 0 aromatic heterocycles. The molecule has 0 bridgehead atoms. The number of carbonyl (C=O) groups excluding carboxylic acids is 2. The highest BCUT2D eigenvalue weighted by Gasteiger charge is 2.20. The number of para-hydroxylation sites is 2. The van der Waals surface area contributed by atoms with Crippen molar-refractivity contribution >= 4 is 39.1 Å². The second-order valence-electron chi connectivity index (χ2n) is 5.47. The molecule has 0 spiro atoms. The molecule has 0 aliphatic carbocycles. The smallest absolute Gasteiger partial charge is 0.241 e. The number of likely N-dealkylation sites (N-methyl/N-ethyl adjacent to an activating group) is 1. The molecule has 6 heteroatoms. The number of nitrogens with one attached hydrogen (secondary N) is 2. The lowest BCUT2D eigenvalue weighted by atomic mass is 10.2. The Morgan fingerprint density at radius 3 is 2.33 bits per heavy atom. The molecule has 126 valence electrons. The van der Waals surface area contributed by atoms with Crippen molar-refractivity contribution in [2.45, 2.75) is 13.0 Å². The molecule has 0 radical (unpaired) electrons. The van der Waals surface area contributed by atoms with E-state index in [9.17, 15) is 9.59 Å². The van der Waals surface area contributed by atoms with Crippen molar-refractivity contribution in [1.29, 1.82) is 0 Å². The van der Waals surface area contributed by atoms with E-state index in [0.29, 0.717) is 5.69 Å². The predicted molar refractivity (Wildman–Crippen MR) is 99.9 cm³/mol. The first-order valence-electron chi connectivity index (χ1n) is 7.58. The number of anilines is 2. The number of nitrogens with zero attached hydrogens (tertiary/aromatic N) is 1. The van der Waals surface area contributed by atoms with Crippen LogP contribution in [0.4, 0.5) is 11.4 Å². The topological polar surface area (TPSA) is 61.4 Å². The Kier molecular flexibility index (Phi) is 6.52. The number of benzene rings is 2. The third-order valence-electron chi connectivity index (χ3n) is 3.62. The highest BCUT2D eigenvalue weighted by molar-refractivity contribution is 9.10. The number of hydrogen-bond acceptors (Lipinski definition) is 3. The van der Waals surface area contributed by atoms with Gasteiger partial charge in [-0.25, -0.2) is 0 Å². The molecule has 1 atom stereocenters. The standard InChI is InChI=1S/C18H20BrN3O2/c1-13(18(24)20-14-8-4-3-5-9-14)22(2)12-17(23)21-16-11-7-6-10-15(16)19/h3-11,13H,12H2,1-2H3,(H,20,24)(H,21,23)/t13-/m1/s1. The fraction of sp³-hybridized carbons (Fsp3) is 0.222. The lowest BCUT2D eigenvalue weighted by Crippen LogP contribution is -2.43. The molecule has 0 heterocycles. The van der Waals surface area contributed by atoms with Crippen LogP contribution in [0.15, 0.2) is 59.1 Å². The van der Waals surface area contributed by atoms with Gasteiger partial charge < -0.3 is 10.6 Å². The van der Waals surface area contributed by atoms with Gasteiger partial charge in [-0.1, -0.05) is 30.3 Å². The largest absolute Gasteiger partial charge is 0.325 e. The molecule has 0 unspecified atom stereocenters. The van der Waals surface area contributed by atoms with Gasteiger partial charge in [0.05, 0.1) is 18.3 Å². The summed E-state index contributed by atoms with van der Waals surface area (Å²) < 4.78 is 0.816. The molecular formula is C18H20BrN3O2. The minimum Gasteiger partial charge on any atom is -0.325 e. The summed E-state index contributed by atoms with van der Waals surface area (Å²) in [5, 5.41) is 5.66. The molecule has 0 aliphatic rings. The van der Waals surface area contributed by atoms with Crippen LogP contribution < -0.4 is 10.6 Å². The Morgan fingerprint density at radius 2 is 1.67 bits per heavy atom. The van der Waals surface area contributed by atoms with Crippen LogP contribution in [0.25, 0.3) is 0 Å². The van der Waals surface area contributed by atoms with Gasteiger partial charge in [0.15, 0.2) is 0 Å². The van der Waals surface area contributed by atoms with Gasteiger partial charge in [-0.2, -0.15) is 0 Å². The van der Waals surface area contributed by atoms with Crippen molar-refractivity contribution in [3.8, 4) is 0 Å². The molecule has 2 aromatic carbocycles. The molecular weight excluding hydrogens is 370 g/mol. The molecule has 2 N–H and O–H groups in total. The first kappa shape index (κ1) is 18.2. The third kappa shape index (κ3) is 5.18. The van der Waals surface area contributed by atoms with E-state index in [0.717, 1.165) is 10.2 Å². The summed E-state index contributed by atoms with van der Waals surface area (Å²) in [4.78, 5) is 26.1. The maximum Gasteiger partial charge on any atom is 0.241 e. The van der Waals surface area contributed by atoms with Crippen LogP contribution >= 0.6 is 15.9 Å².